The van der Waals surface area contributed by atoms with Crippen molar-refractivity contribution in [2.75, 3.05) is 5.32 Å². The van der Waals surface area contributed by atoms with Crippen molar-refractivity contribution in [3.8, 4) is 0 Å². The monoisotopic (exact) mass is 406 g/mol. The van der Waals surface area contributed by atoms with Crippen LogP contribution < -0.4 is 21.7 Å². The maximum absolute atomic E-state index is 12.5. The Bertz CT molecular complexity index is 1270. The standard InChI is InChI=1S/C21H18N4O5/c26-17(11-25-15-3-1-2-4-16(15)30-20(25)29)22-14-6-5-13-10-21(8-7-12(13)9-14)18(27)23-19(28)24-21/h1-6,9H,7-8,10-11H2,(H,22,26)(H2,23,24,27,28). The number of aryl methyl sites for hydroxylation is 1. The minimum Gasteiger partial charge on any atom is -0.408 e. The van der Waals surface area contributed by atoms with Crippen molar-refractivity contribution in [2.24, 2.45) is 0 Å². The Hall–Kier alpha value is -3.88. The van der Waals surface area contributed by atoms with Gasteiger partial charge in [0.25, 0.3) is 5.91 Å². The van der Waals surface area contributed by atoms with E-state index in [9.17, 15) is 19.2 Å². The van der Waals surface area contributed by atoms with E-state index in [2.05, 4.69) is 16.0 Å². The van der Waals surface area contributed by atoms with E-state index >= 15 is 0 Å². The number of anilines is 1. The van der Waals surface area contributed by atoms with Crippen LogP contribution in [0, 0.1) is 0 Å². The first-order valence-corrected chi connectivity index (χ1v) is 9.57. The van der Waals surface area contributed by atoms with Crippen LogP contribution in [0.2, 0.25) is 0 Å². The number of para-hydroxylation sites is 2. The minimum atomic E-state index is -0.891. The number of rotatable bonds is 3. The summed E-state index contributed by atoms with van der Waals surface area (Å²) < 4.78 is 6.44. The normalized spacial score (nSPS) is 20.1. The number of nitrogens with zero attached hydrogens (tertiary/aromatic N) is 1. The number of carbonyl (C=O) groups excluding carboxylic acids is 3. The van der Waals surface area contributed by atoms with Crippen LogP contribution in [0.1, 0.15) is 17.5 Å². The highest BCUT2D eigenvalue weighted by atomic mass is 16.4. The van der Waals surface area contributed by atoms with E-state index < -0.39 is 17.3 Å². The summed E-state index contributed by atoms with van der Waals surface area (Å²) in [4.78, 5) is 48.3. The Morgan fingerprint density at radius 2 is 1.97 bits per heavy atom. The third-order valence-electron chi connectivity index (χ3n) is 5.69. The van der Waals surface area contributed by atoms with E-state index in [-0.39, 0.29) is 18.4 Å². The lowest BCUT2D eigenvalue weighted by Crippen LogP contribution is -2.51. The van der Waals surface area contributed by atoms with Gasteiger partial charge in [0.05, 0.1) is 5.52 Å². The van der Waals surface area contributed by atoms with Gasteiger partial charge in [-0.3, -0.25) is 19.5 Å². The summed E-state index contributed by atoms with van der Waals surface area (Å²) in [7, 11) is 0. The van der Waals surface area contributed by atoms with Gasteiger partial charge in [-0.15, -0.1) is 0 Å². The molecule has 5 rings (SSSR count). The number of aromatic nitrogens is 1. The van der Waals surface area contributed by atoms with Crippen molar-refractivity contribution in [3.63, 3.8) is 0 Å². The van der Waals surface area contributed by atoms with E-state index in [4.69, 9.17) is 4.42 Å². The number of nitrogens with one attached hydrogen (secondary N) is 3. The van der Waals surface area contributed by atoms with E-state index in [1.54, 1.807) is 30.3 Å². The summed E-state index contributed by atoms with van der Waals surface area (Å²) >= 11 is 0. The third kappa shape index (κ3) is 2.95. The molecule has 2 heterocycles. The van der Waals surface area contributed by atoms with Gasteiger partial charge in [-0.05, 0) is 48.2 Å². The largest absolute Gasteiger partial charge is 0.420 e. The van der Waals surface area contributed by atoms with Gasteiger partial charge in [0, 0.05) is 12.1 Å². The second kappa shape index (κ2) is 6.58. The zero-order valence-corrected chi connectivity index (χ0v) is 15.9. The van der Waals surface area contributed by atoms with Crippen LogP contribution in [0.5, 0.6) is 0 Å². The molecule has 2 aliphatic rings. The predicted molar refractivity (Wildman–Crippen MR) is 107 cm³/mol. The van der Waals surface area contributed by atoms with Gasteiger partial charge in [0.15, 0.2) is 5.58 Å². The first-order chi connectivity index (χ1) is 14.4. The number of fused-ring (bicyclic) bond motifs is 2. The fourth-order valence-corrected chi connectivity index (χ4v) is 4.21. The molecular weight excluding hydrogens is 388 g/mol. The quantitative estimate of drug-likeness (QED) is 0.566. The predicted octanol–water partition coefficient (Wildman–Crippen LogP) is 1.30. The molecule has 1 unspecified atom stereocenters. The van der Waals surface area contributed by atoms with Crippen LogP contribution in [0.25, 0.3) is 11.1 Å². The molecule has 9 heteroatoms. The Labute approximate surface area is 170 Å². The highest BCUT2D eigenvalue weighted by Gasteiger charge is 2.47. The number of benzene rings is 2. The van der Waals surface area contributed by atoms with E-state index in [1.165, 1.54) is 4.57 Å². The van der Waals surface area contributed by atoms with Gasteiger partial charge in [0.1, 0.15) is 12.1 Å². The Morgan fingerprint density at radius 1 is 1.13 bits per heavy atom. The first kappa shape index (κ1) is 18.2. The number of oxazole rings is 1. The lowest BCUT2D eigenvalue weighted by molar-refractivity contribution is -0.124. The topological polar surface area (TPSA) is 122 Å². The zero-order valence-electron chi connectivity index (χ0n) is 15.9. The molecule has 152 valence electrons. The molecule has 1 spiro atoms. The van der Waals surface area contributed by atoms with Gasteiger partial charge in [-0.1, -0.05) is 18.2 Å². The molecule has 1 atom stereocenters. The molecule has 1 saturated heterocycles. The second-order valence-electron chi connectivity index (χ2n) is 7.62. The maximum Gasteiger partial charge on any atom is 0.420 e. The molecule has 3 N–H and O–H groups in total. The lowest BCUT2D eigenvalue weighted by atomic mass is 9.78. The SMILES string of the molecule is O=C(Cn1c(=O)oc2ccccc21)Nc1ccc2c(c1)CCC1(C2)NC(=O)NC1=O. The molecule has 0 bridgehead atoms. The van der Waals surface area contributed by atoms with Gasteiger partial charge in [0.2, 0.25) is 5.91 Å². The summed E-state index contributed by atoms with van der Waals surface area (Å²) in [6, 6.07) is 11.9. The Kier molecular flexibility index (Phi) is 3.99. The number of imide groups is 1. The van der Waals surface area contributed by atoms with Crippen LogP contribution in [0.3, 0.4) is 0 Å². The second-order valence-corrected chi connectivity index (χ2v) is 7.62. The summed E-state index contributed by atoms with van der Waals surface area (Å²) in [5, 5.41) is 7.85. The van der Waals surface area contributed by atoms with Gasteiger partial charge in [-0.25, -0.2) is 9.59 Å². The molecule has 1 aromatic heterocycles. The zero-order chi connectivity index (χ0) is 20.9. The molecule has 30 heavy (non-hydrogen) atoms. The fraction of sp³-hybridized carbons (Fsp3) is 0.238. The molecule has 9 nitrogen and oxygen atoms in total. The molecule has 1 aliphatic heterocycles. The minimum absolute atomic E-state index is 0.164. The molecule has 3 aromatic rings. The summed E-state index contributed by atoms with van der Waals surface area (Å²) in [5.41, 5.74) is 2.67. The molecular formula is C21H18N4O5. The number of hydrogen-bond donors (Lipinski definition) is 3. The highest BCUT2D eigenvalue weighted by molar-refractivity contribution is 6.07. The molecule has 1 fully saturated rings. The van der Waals surface area contributed by atoms with Crippen LogP contribution in [0.4, 0.5) is 10.5 Å². The fourth-order valence-electron chi connectivity index (χ4n) is 4.21. The smallest absolute Gasteiger partial charge is 0.408 e. The first-order valence-electron chi connectivity index (χ1n) is 9.57. The van der Waals surface area contributed by atoms with Crippen LogP contribution in [0.15, 0.2) is 51.7 Å². The van der Waals surface area contributed by atoms with Crippen LogP contribution in [-0.4, -0.2) is 28.0 Å². The van der Waals surface area contributed by atoms with Gasteiger partial charge < -0.3 is 15.1 Å². The maximum atomic E-state index is 12.5. The third-order valence-corrected chi connectivity index (χ3v) is 5.69. The van der Waals surface area contributed by atoms with Crippen LogP contribution in [-0.2, 0) is 29.0 Å². The molecule has 0 radical (unpaired) electrons. The van der Waals surface area contributed by atoms with Crippen LogP contribution >= 0.6 is 0 Å². The van der Waals surface area contributed by atoms with Gasteiger partial charge in [-0.2, -0.15) is 0 Å². The Morgan fingerprint density at radius 3 is 2.77 bits per heavy atom. The summed E-state index contributed by atoms with van der Waals surface area (Å²) in [6.45, 7) is -0.164. The highest BCUT2D eigenvalue weighted by Crippen LogP contribution is 2.32. The van der Waals surface area contributed by atoms with Crippen molar-refractivity contribution in [2.45, 2.75) is 31.3 Å². The van der Waals surface area contributed by atoms with Crippen molar-refractivity contribution >= 4 is 34.6 Å². The number of urea groups is 1. The molecule has 2 aromatic carbocycles. The van der Waals surface area contributed by atoms with Gasteiger partial charge >= 0.3 is 11.8 Å². The van der Waals surface area contributed by atoms with E-state index in [0.717, 1.165) is 11.1 Å². The summed E-state index contributed by atoms with van der Waals surface area (Å²) in [6.07, 6.45) is 1.49. The van der Waals surface area contributed by atoms with E-state index in [0.29, 0.717) is 36.0 Å². The molecule has 4 amide bonds. The Balaban J connectivity index is 1.32. The van der Waals surface area contributed by atoms with Crippen molar-refractivity contribution in [3.05, 3.63) is 64.1 Å². The number of carbonyl (C=O) groups is 3. The lowest BCUT2D eigenvalue weighted by Gasteiger charge is -2.32. The van der Waals surface area contributed by atoms with E-state index in [1.807, 2.05) is 12.1 Å². The number of hydrogen-bond acceptors (Lipinski definition) is 5. The average molecular weight is 406 g/mol. The number of amides is 4. The average Bonchev–Trinajstić information content (AvgIpc) is 3.17. The van der Waals surface area contributed by atoms with Crippen molar-refractivity contribution < 1.29 is 18.8 Å². The summed E-state index contributed by atoms with van der Waals surface area (Å²) in [5.74, 6) is -1.23. The van der Waals surface area contributed by atoms with Crippen molar-refractivity contribution in [1.29, 1.82) is 0 Å². The molecule has 1 aliphatic carbocycles. The van der Waals surface area contributed by atoms with Crippen molar-refractivity contribution in [1.82, 2.24) is 15.2 Å². The molecule has 0 saturated carbocycles.